The van der Waals surface area contributed by atoms with Crippen LogP contribution < -0.4 is 15.8 Å². The second kappa shape index (κ2) is 7.65. The zero-order valence-electron chi connectivity index (χ0n) is 14.4. The summed E-state index contributed by atoms with van der Waals surface area (Å²) in [5.41, 5.74) is 7.39. The summed E-state index contributed by atoms with van der Waals surface area (Å²) in [5, 5.41) is 3.23. The van der Waals surface area contributed by atoms with Crippen LogP contribution in [-0.4, -0.2) is 46.4 Å². The van der Waals surface area contributed by atoms with Gasteiger partial charge in [-0.05, 0) is 25.2 Å². The van der Waals surface area contributed by atoms with Crippen molar-refractivity contribution in [1.82, 2.24) is 19.5 Å². The number of nitrogens with one attached hydrogen (secondary N) is 1. The zero-order valence-corrected chi connectivity index (χ0v) is 14.4. The zero-order chi connectivity index (χ0) is 16.9. The number of aromatic nitrogens is 4. The Morgan fingerprint density at radius 3 is 2.96 bits per heavy atom. The normalized spacial score (nSPS) is 17.5. The predicted octanol–water partition coefficient (Wildman–Crippen LogP) is 2.06. The highest BCUT2D eigenvalue weighted by atomic mass is 16.5. The van der Waals surface area contributed by atoms with Gasteiger partial charge in [-0.25, -0.2) is 0 Å². The number of unbranched alkanes of at least 4 members (excludes halogenated alkanes) is 1. The molecule has 2 aromatic rings. The quantitative estimate of drug-likeness (QED) is 0.713. The summed E-state index contributed by atoms with van der Waals surface area (Å²) in [6.45, 7) is 5.43. The minimum Gasteiger partial charge on any atom is -0.468 e. The number of nitrogen functional groups attached to an aromatic ring is 1. The van der Waals surface area contributed by atoms with Gasteiger partial charge in [-0.2, -0.15) is 15.0 Å². The molecule has 3 N–H and O–H groups in total. The molecule has 0 aromatic carbocycles. The Morgan fingerprint density at radius 2 is 2.25 bits per heavy atom. The summed E-state index contributed by atoms with van der Waals surface area (Å²) in [6, 6.07) is 0.524. The van der Waals surface area contributed by atoms with Gasteiger partial charge in [0.2, 0.25) is 5.95 Å². The molecule has 24 heavy (non-hydrogen) atoms. The lowest BCUT2D eigenvalue weighted by molar-refractivity contribution is 0.183. The first-order valence-corrected chi connectivity index (χ1v) is 8.62. The highest BCUT2D eigenvalue weighted by Gasteiger charge is 2.20. The number of methoxy groups -OCH3 is 1. The van der Waals surface area contributed by atoms with E-state index in [-0.39, 0.29) is 0 Å². The molecule has 0 unspecified atom stereocenters. The van der Waals surface area contributed by atoms with E-state index in [4.69, 9.17) is 15.2 Å². The minimum atomic E-state index is 0.375. The maximum atomic E-state index is 6.07. The number of anilines is 2. The Labute approximate surface area is 141 Å². The lowest BCUT2D eigenvalue weighted by Crippen LogP contribution is -2.10. The maximum Gasteiger partial charge on any atom is 0.298 e. The van der Waals surface area contributed by atoms with Crippen LogP contribution in [0.3, 0.4) is 0 Å². The minimum absolute atomic E-state index is 0.375. The summed E-state index contributed by atoms with van der Waals surface area (Å²) in [6.07, 6.45) is 4.28. The van der Waals surface area contributed by atoms with Crippen molar-refractivity contribution in [2.75, 3.05) is 37.9 Å². The van der Waals surface area contributed by atoms with Gasteiger partial charge < -0.3 is 20.5 Å². The molecule has 1 atom stereocenters. The van der Waals surface area contributed by atoms with Crippen molar-refractivity contribution < 1.29 is 9.47 Å². The summed E-state index contributed by atoms with van der Waals surface area (Å²) in [4.78, 5) is 13.4. The highest BCUT2D eigenvalue weighted by Crippen LogP contribution is 2.26. The van der Waals surface area contributed by atoms with Crippen molar-refractivity contribution in [1.29, 1.82) is 0 Å². The molecular weight excluding hydrogens is 308 g/mol. The van der Waals surface area contributed by atoms with E-state index >= 15 is 0 Å². The largest absolute Gasteiger partial charge is 0.468 e. The fourth-order valence-corrected chi connectivity index (χ4v) is 2.94. The molecule has 3 heterocycles. The van der Waals surface area contributed by atoms with Crippen LogP contribution in [0, 0.1) is 5.92 Å². The van der Waals surface area contributed by atoms with Crippen LogP contribution in [0.25, 0.3) is 11.2 Å². The standard InChI is InChI=1S/C16H26N6O2/c1-3-4-7-18-15-20-13(17)12-14(21-15)22(16(19-12)23-2)8-5-11-6-9-24-10-11/h11H,3-10H2,1-2H3,(H3,17,18,20,21)/t11-/m0/s1. The third-order valence-corrected chi connectivity index (χ3v) is 4.37. The molecule has 8 heteroatoms. The van der Waals surface area contributed by atoms with E-state index in [9.17, 15) is 0 Å². The van der Waals surface area contributed by atoms with Gasteiger partial charge in [0.1, 0.15) is 0 Å². The molecule has 132 valence electrons. The van der Waals surface area contributed by atoms with Crippen molar-refractivity contribution in [2.45, 2.75) is 39.2 Å². The second-order valence-corrected chi connectivity index (χ2v) is 6.15. The molecule has 0 bridgehead atoms. The van der Waals surface area contributed by atoms with Crippen LogP contribution in [0.4, 0.5) is 11.8 Å². The number of hydrogen-bond acceptors (Lipinski definition) is 7. The third kappa shape index (κ3) is 3.53. The van der Waals surface area contributed by atoms with Gasteiger partial charge in [-0.15, -0.1) is 0 Å². The molecule has 2 aromatic heterocycles. The first-order chi connectivity index (χ1) is 11.7. The SMILES string of the molecule is CCCCNc1nc(N)c2nc(OC)n(CC[C@H]3CCOC3)c2n1. The lowest BCUT2D eigenvalue weighted by Gasteiger charge is -2.11. The van der Waals surface area contributed by atoms with E-state index in [1.54, 1.807) is 7.11 Å². The van der Waals surface area contributed by atoms with Gasteiger partial charge in [-0.1, -0.05) is 13.3 Å². The lowest BCUT2D eigenvalue weighted by atomic mass is 10.1. The molecule has 0 radical (unpaired) electrons. The molecule has 1 aliphatic rings. The van der Waals surface area contributed by atoms with Gasteiger partial charge in [0.05, 0.1) is 7.11 Å². The number of hydrogen-bond donors (Lipinski definition) is 2. The predicted molar refractivity (Wildman–Crippen MR) is 93.2 cm³/mol. The van der Waals surface area contributed by atoms with Crippen LogP contribution in [0.15, 0.2) is 0 Å². The second-order valence-electron chi connectivity index (χ2n) is 6.15. The Hall–Kier alpha value is -2.09. The summed E-state index contributed by atoms with van der Waals surface area (Å²) in [7, 11) is 1.61. The summed E-state index contributed by atoms with van der Waals surface area (Å²) in [5.74, 6) is 1.50. The van der Waals surface area contributed by atoms with Crippen molar-refractivity contribution in [2.24, 2.45) is 5.92 Å². The molecule has 0 aliphatic carbocycles. The van der Waals surface area contributed by atoms with E-state index in [0.29, 0.717) is 29.2 Å². The Bertz CT molecular complexity index is 681. The molecule has 1 fully saturated rings. The number of fused-ring (bicyclic) bond motifs is 1. The number of imidazole rings is 1. The Morgan fingerprint density at radius 1 is 1.38 bits per heavy atom. The first kappa shape index (κ1) is 16.8. The average molecular weight is 334 g/mol. The van der Waals surface area contributed by atoms with Crippen molar-refractivity contribution in [3.8, 4) is 6.01 Å². The van der Waals surface area contributed by atoms with Crippen LogP contribution in [0.1, 0.15) is 32.6 Å². The summed E-state index contributed by atoms with van der Waals surface area (Å²) < 4.78 is 12.9. The smallest absolute Gasteiger partial charge is 0.298 e. The van der Waals surface area contributed by atoms with Gasteiger partial charge in [0.25, 0.3) is 6.01 Å². The van der Waals surface area contributed by atoms with Crippen molar-refractivity contribution in [3.05, 3.63) is 0 Å². The van der Waals surface area contributed by atoms with Crippen LogP contribution in [-0.2, 0) is 11.3 Å². The molecular formula is C16H26N6O2. The van der Waals surface area contributed by atoms with E-state index in [2.05, 4.69) is 27.2 Å². The molecule has 1 saturated heterocycles. The Kier molecular flexibility index (Phi) is 5.34. The van der Waals surface area contributed by atoms with Crippen molar-refractivity contribution in [3.63, 3.8) is 0 Å². The van der Waals surface area contributed by atoms with Gasteiger partial charge in [0.15, 0.2) is 17.0 Å². The summed E-state index contributed by atoms with van der Waals surface area (Å²) >= 11 is 0. The number of ether oxygens (including phenoxy) is 2. The number of nitrogens with two attached hydrogens (primary N) is 1. The van der Waals surface area contributed by atoms with E-state index in [1.165, 1.54) is 0 Å². The van der Waals surface area contributed by atoms with Crippen LogP contribution in [0.2, 0.25) is 0 Å². The van der Waals surface area contributed by atoms with Gasteiger partial charge in [-0.3, -0.25) is 4.57 Å². The fraction of sp³-hybridized carbons (Fsp3) is 0.688. The first-order valence-electron chi connectivity index (χ1n) is 8.62. The number of rotatable bonds is 8. The monoisotopic (exact) mass is 334 g/mol. The maximum absolute atomic E-state index is 6.07. The molecule has 0 spiro atoms. The topological polar surface area (TPSA) is 100 Å². The number of nitrogens with zero attached hydrogens (tertiary/aromatic N) is 4. The molecule has 1 aliphatic heterocycles. The van der Waals surface area contributed by atoms with Gasteiger partial charge in [0, 0.05) is 26.3 Å². The van der Waals surface area contributed by atoms with Gasteiger partial charge >= 0.3 is 0 Å². The molecule has 0 saturated carbocycles. The fourth-order valence-electron chi connectivity index (χ4n) is 2.94. The third-order valence-electron chi connectivity index (χ3n) is 4.37. The molecule has 0 amide bonds. The van der Waals surface area contributed by atoms with E-state index in [1.807, 2.05) is 4.57 Å². The highest BCUT2D eigenvalue weighted by molar-refractivity contribution is 5.84. The van der Waals surface area contributed by atoms with Crippen molar-refractivity contribution >= 4 is 22.9 Å². The van der Waals surface area contributed by atoms with E-state index in [0.717, 1.165) is 57.6 Å². The van der Waals surface area contributed by atoms with Crippen LogP contribution in [0.5, 0.6) is 6.01 Å². The Balaban J connectivity index is 1.86. The molecule has 3 rings (SSSR count). The average Bonchev–Trinajstić information content (AvgIpc) is 3.20. The molecule has 8 nitrogen and oxygen atoms in total. The number of aryl methyl sites for hydroxylation is 1. The van der Waals surface area contributed by atoms with E-state index < -0.39 is 0 Å². The van der Waals surface area contributed by atoms with Crippen LogP contribution >= 0.6 is 0 Å².